The van der Waals surface area contributed by atoms with Crippen molar-refractivity contribution in [2.75, 3.05) is 5.75 Å². The quantitative estimate of drug-likeness (QED) is 0.528. The van der Waals surface area contributed by atoms with Crippen molar-refractivity contribution in [3.63, 3.8) is 0 Å². The van der Waals surface area contributed by atoms with Crippen molar-refractivity contribution in [3.05, 3.63) is 29.3 Å². The predicted molar refractivity (Wildman–Crippen MR) is 60.4 cm³/mol. The minimum atomic E-state index is -1.07. The van der Waals surface area contributed by atoms with E-state index in [1.807, 2.05) is 0 Å². The van der Waals surface area contributed by atoms with Crippen molar-refractivity contribution < 1.29 is 15.0 Å². The summed E-state index contributed by atoms with van der Waals surface area (Å²) in [6.45, 7) is 0. The lowest BCUT2D eigenvalue weighted by Crippen LogP contribution is -1.95. The molecule has 0 bridgehead atoms. The molecule has 0 heterocycles. The number of carboxylic acids is 1. The molecule has 1 aromatic carbocycles. The van der Waals surface area contributed by atoms with Crippen LogP contribution in [0.1, 0.15) is 22.3 Å². The molecule has 4 heteroatoms. The summed E-state index contributed by atoms with van der Waals surface area (Å²) in [4.78, 5) is 10.6. The molecule has 78 valence electrons. The van der Waals surface area contributed by atoms with Gasteiger partial charge in [-0.25, -0.2) is 4.79 Å². The second-order valence-corrected chi connectivity index (χ2v) is 3.26. The van der Waals surface area contributed by atoms with Crippen LogP contribution >= 0.6 is 12.6 Å². The van der Waals surface area contributed by atoms with Gasteiger partial charge in [0.2, 0.25) is 0 Å². The Morgan fingerprint density at radius 2 is 2.20 bits per heavy atom. The molecule has 0 amide bonds. The molecule has 1 rings (SSSR count). The van der Waals surface area contributed by atoms with Crippen molar-refractivity contribution in [2.45, 2.75) is 6.42 Å². The van der Waals surface area contributed by atoms with E-state index < -0.39 is 5.97 Å². The summed E-state index contributed by atoms with van der Waals surface area (Å²) >= 11 is 3.99. The van der Waals surface area contributed by atoms with Gasteiger partial charge in [-0.1, -0.05) is 11.8 Å². The zero-order valence-electron chi connectivity index (χ0n) is 7.90. The lowest BCUT2D eigenvalue weighted by molar-refractivity contribution is 0.0696. The number of rotatable bonds is 2. The van der Waals surface area contributed by atoms with Gasteiger partial charge in [-0.3, -0.25) is 0 Å². The molecule has 0 fully saturated rings. The third-order valence-electron chi connectivity index (χ3n) is 1.70. The van der Waals surface area contributed by atoms with Gasteiger partial charge in [0.15, 0.2) is 0 Å². The lowest BCUT2D eigenvalue weighted by Gasteiger charge is -1.98. The minimum absolute atomic E-state index is 0.0484. The van der Waals surface area contributed by atoms with E-state index in [4.69, 9.17) is 5.11 Å². The Bertz CT molecular complexity index is 429. The molecule has 0 saturated heterocycles. The smallest absolute Gasteiger partial charge is 0.335 e. The van der Waals surface area contributed by atoms with Crippen LogP contribution in [0, 0.1) is 11.8 Å². The fraction of sp³-hybridized carbons (Fsp3) is 0.182. The van der Waals surface area contributed by atoms with Crippen LogP contribution < -0.4 is 0 Å². The zero-order valence-corrected chi connectivity index (χ0v) is 8.79. The third kappa shape index (κ3) is 3.22. The monoisotopic (exact) mass is 222 g/mol. The number of hydrogen-bond donors (Lipinski definition) is 3. The van der Waals surface area contributed by atoms with Crippen LogP contribution in [0.2, 0.25) is 0 Å². The molecular weight excluding hydrogens is 212 g/mol. The molecule has 0 saturated carbocycles. The summed E-state index contributed by atoms with van der Waals surface area (Å²) in [7, 11) is 0. The Morgan fingerprint density at radius 3 is 2.73 bits per heavy atom. The minimum Gasteiger partial charge on any atom is -0.507 e. The number of phenolic OH excluding ortho intramolecular Hbond substituents is 1. The summed E-state index contributed by atoms with van der Waals surface area (Å²) in [5.74, 6) is 5.02. The molecule has 0 aliphatic carbocycles. The molecule has 0 spiro atoms. The standard InChI is InChI=1S/C11H10O3S/c12-10-7-9(11(13)14)5-4-8(10)3-1-2-6-15/h4-5,7,12,15H,2,6H2,(H,13,14). The second kappa shape index (κ2) is 5.32. The van der Waals surface area contributed by atoms with E-state index in [-0.39, 0.29) is 11.3 Å². The van der Waals surface area contributed by atoms with Gasteiger partial charge in [-0.05, 0) is 18.2 Å². The number of benzene rings is 1. The summed E-state index contributed by atoms with van der Waals surface area (Å²) in [6, 6.07) is 4.09. The SMILES string of the molecule is O=C(O)c1ccc(C#CCCS)c(O)c1. The van der Waals surface area contributed by atoms with E-state index in [2.05, 4.69) is 24.5 Å². The summed E-state index contributed by atoms with van der Waals surface area (Å²) in [6.07, 6.45) is 0.628. The van der Waals surface area contributed by atoms with Gasteiger partial charge in [0.25, 0.3) is 0 Å². The first-order valence-electron chi connectivity index (χ1n) is 4.31. The molecule has 0 aliphatic rings. The highest BCUT2D eigenvalue weighted by Gasteiger charge is 2.05. The van der Waals surface area contributed by atoms with Crippen LogP contribution in [0.25, 0.3) is 0 Å². The molecule has 2 N–H and O–H groups in total. The first kappa shape index (κ1) is 11.5. The number of carboxylic acid groups (broad SMARTS) is 1. The number of aromatic carboxylic acids is 1. The number of phenols is 1. The van der Waals surface area contributed by atoms with E-state index in [1.54, 1.807) is 0 Å². The van der Waals surface area contributed by atoms with Gasteiger partial charge in [-0.2, -0.15) is 12.6 Å². The number of hydrogen-bond acceptors (Lipinski definition) is 3. The van der Waals surface area contributed by atoms with E-state index >= 15 is 0 Å². The van der Waals surface area contributed by atoms with Gasteiger partial charge >= 0.3 is 5.97 Å². The van der Waals surface area contributed by atoms with Gasteiger partial charge in [0, 0.05) is 12.2 Å². The Labute approximate surface area is 93.2 Å². The highest BCUT2D eigenvalue weighted by atomic mass is 32.1. The molecule has 0 aliphatic heterocycles. The van der Waals surface area contributed by atoms with E-state index in [9.17, 15) is 9.90 Å². The van der Waals surface area contributed by atoms with Gasteiger partial charge in [-0.15, -0.1) is 0 Å². The first-order chi connectivity index (χ1) is 7.15. The molecule has 3 nitrogen and oxygen atoms in total. The van der Waals surface area contributed by atoms with Crippen LogP contribution in [0.5, 0.6) is 5.75 Å². The molecule has 15 heavy (non-hydrogen) atoms. The second-order valence-electron chi connectivity index (χ2n) is 2.81. The van der Waals surface area contributed by atoms with Crippen molar-refractivity contribution in [1.82, 2.24) is 0 Å². The largest absolute Gasteiger partial charge is 0.507 e. The van der Waals surface area contributed by atoms with Crippen LogP contribution in [0.4, 0.5) is 0 Å². The predicted octanol–water partition coefficient (Wildman–Crippen LogP) is 1.76. The van der Waals surface area contributed by atoms with Gasteiger partial charge in [0.1, 0.15) is 5.75 Å². The maximum absolute atomic E-state index is 10.6. The maximum atomic E-state index is 10.6. The lowest BCUT2D eigenvalue weighted by atomic mass is 10.1. The van der Waals surface area contributed by atoms with Crippen molar-refractivity contribution in [2.24, 2.45) is 0 Å². The number of carbonyl (C=O) groups is 1. The fourth-order valence-corrected chi connectivity index (χ4v) is 1.10. The molecule has 0 unspecified atom stereocenters. The average molecular weight is 222 g/mol. The van der Waals surface area contributed by atoms with E-state index in [0.29, 0.717) is 17.7 Å². The zero-order chi connectivity index (χ0) is 11.3. The first-order valence-corrected chi connectivity index (χ1v) is 4.94. The third-order valence-corrected chi connectivity index (χ3v) is 1.93. The Kier molecular flexibility index (Phi) is 4.07. The maximum Gasteiger partial charge on any atom is 0.335 e. The van der Waals surface area contributed by atoms with Crippen molar-refractivity contribution >= 4 is 18.6 Å². The molecule has 0 radical (unpaired) electrons. The van der Waals surface area contributed by atoms with E-state index in [1.165, 1.54) is 18.2 Å². The number of aromatic hydroxyl groups is 1. The van der Waals surface area contributed by atoms with Gasteiger partial charge in [0.05, 0.1) is 11.1 Å². The molecule has 1 aromatic rings. The van der Waals surface area contributed by atoms with Crippen molar-refractivity contribution in [3.8, 4) is 17.6 Å². The summed E-state index contributed by atoms with van der Waals surface area (Å²) in [5, 5.41) is 18.1. The molecule has 0 atom stereocenters. The topological polar surface area (TPSA) is 57.5 Å². The number of thiol groups is 1. The Hall–Kier alpha value is -1.60. The molecule has 0 aromatic heterocycles. The molecular formula is C11H10O3S. The van der Waals surface area contributed by atoms with Crippen molar-refractivity contribution in [1.29, 1.82) is 0 Å². The highest BCUT2D eigenvalue weighted by molar-refractivity contribution is 7.80. The van der Waals surface area contributed by atoms with Crippen LogP contribution in [-0.4, -0.2) is 21.9 Å². The summed E-state index contributed by atoms with van der Waals surface area (Å²) in [5.41, 5.74) is 0.481. The Balaban J connectivity index is 2.95. The van der Waals surface area contributed by atoms with Crippen LogP contribution in [-0.2, 0) is 0 Å². The Morgan fingerprint density at radius 1 is 1.47 bits per heavy atom. The van der Waals surface area contributed by atoms with Gasteiger partial charge < -0.3 is 10.2 Å². The summed E-state index contributed by atoms with van der Waals surface area (Å²) < 4.78 is 0. The van der Waals surface area contributed by atoms with Crippen LogP contribution in [0.3, 0.4) is 0 Å². The fourth-order valence-electron chi connectivity index (χ4n) is 0.984. The normalized spacial score (nSPS) is 9.13. The average Bonchev–Trinajstić information content (AvgIpc) is 2.20. The van der Waals surface area contributed by atoms with E-state index in [0.717, 1.165) is 0 Å². The highest BCUT2D eigenvalue weighted by Crippen LogP contribution is 2.17. The van der Waals surface area contributed by atoms with Crippen LogP contribution in [0.15, 0.2) is 18.2 Å².